The second kappa shape index (κ2) is 6.51. The van der Waals surface area contributed by atoms with Crippen molar-refractivity contribution in [1.29, 1.82) is 0 Å². The summed E-state index contributed by atoms with van der Waals surface area (Å²) in [6.45, 7) is -0.695. The molecule has 0 saturated heterocycles. The van der Waals surface area contributed by atoms with Crippen LogP contribution in [0.25, 0.3) is 0 Å². The highest BCUT2D eigenvalue weighted by atomic mass is 16.6. The van der Waals surface area contributed by atoms with Crippen molar-refractivity contribution in [3.05, 3.63) is 0 Å². The monoisotopic (exact) mass is 166 g/mol. The van der Waals surface area contributed by atoms with Crippen LogP contribution in [-0.4, -0.2) is 52.6 Å². The van der Waals surface area contributed by atoms with E-state index in [-0.39, 0.29) is 19.6 Å². The molecule has 0 amide bonds. The average Bonchev–Trinajstić information content (AvgIpc) is 2.01. The molecule has 0 aliphatic rings. The fourth-order valence-corrected chi connectivity index (χ4v) is 0.469. The van der Waals surface area contributed by atoms with E-state index >= 15 is 0 Å². The van der Waals surface area contributed by atoms with Crippen molar-refractivity contribution in [2.45, 2.75) is 18.8 Å². The summed E-state index contributed by atoms with van der Waals surface area (Å²) in [5.74, 6) is 0. The number of ether oxygens (including phenoxy) is 1. The fraction of sp³-hybridized carbons (Fsp3) is 1.00. The molecule has 0 bridgehead atoms. The quantitative estimate of drug-likeness (QED) is 0.345. The summed E-state index contributed by atoms with van der Waals surface area (Å²) in [5, 5.41) is 34.2. The molecule has 0 fully saturated rings. The number of aliphatic hydroxyl groups is 4. The molecule has 0 rings (SSSR count). The Morgan fingerprint density at radius 2 is 1.82 bits per heavy atom. The highest BCUT2D eigenvalue weighted by molar-refractivity contribution is 4.50. The fourth-order valence-electron chi connectivity index (χ4n) is 0.469. The van der Waals surface area contributed by atoms with E-state index in [1.165, 1.54) is 0 Å². The van der Waals surface area contributed by atoms with Crippen LogP contribution in [0.1, 0.15) is 6.42 Å². The maximum atomic E-state index is 8.82. The van der Waals surface area contributed by atoms with Gasteiger partial charge in [0.05, 0.1) is 13.2 Å². The molecule has 0 aromatic carbocycles. The molecule has 2 unspecified atom stereocenters. The van der Waals surface area contributed by atoms with E-state index in [0.29, 0.717) is 0 Å². The lowest BCUT2D eigenvalue weighted by molar-refractivity contribution is -0.133. The maximum absolute atomic E-state index is 8.82. The Kier molecular flexibility index (Phi) is 6.39. The van der Waals surface area contributed by atoms with Crippen LogP contribution >= 0.6 is 0 Å². The molecule has 68 valence electrons. The topological polar surface area (TPSA) is 90.2 Å². The molecule has 0 aromatic rings. The Morgan fingerprint density at radius 3 is 2.27 bits per heavy atom. The van der Waals surface area contributed by atoms with Gasteiger partial charge in [-0.3, -0.25) is 0 Å². The molecule has 2 atom stereocenters. The van der Waals surface area contributed by atoms with E-state index < -0.39 is 19.0 Å². The van der Waals surface area contributed by atoms with Crippen LogP contribution < -0.4 is 0 Å². The molecule has 4 N–H and O–H groups in total. The largest absolute Gasteiger partial charge is 0.396 e. The first-order valence-corrected chi connectivity index (χ1v) is 3.40. The van der Waals surface area contributed by atoms with Crippen LogP contribution in [0.4, 0.5) is 0 Å². The molecule has 5 heteroatoms. The smallest absolute Gasteiger partial charge is 0.156 e. The number of hydrogen-bond acceptors (Lipinski definition) is 5. The van der Waals surface area contributed by atoms with Gasteiger partial charge in [0.15, 0.2) is 6.29 Å². The van der Waals surface area contributed by atoms with Crippen molar-refractivity contribution in [3.8, 4) is 0 Å². The zero-order chi connectivity index (χ0) is 8.69. The molecular formula is C6H14O5. The molecule has 0 radical (unpaired) electrons. The van der Waals surface area contributed by atoms with Crippen LogP contribution in [-0.2, 0) is 4.74 Å². The molecular weight excluding hydrogens is 152 g/mol. The van der Waals surface area contributed by atoms with Gasteiger partial charge in [-0.15, -0.1) is 0 Å². The van der Waals surface area contributed by atoms with E-state index in [1.807, 2.05) is 0 Å². The van der Waals surface area contributed by atoms with Gasteiger partial charge in [0.1, 0.15) is 6.10 Å². The van der Waals surface area contributed by atoms with Crippen LogP contribution in [0.2, 0.25) is 0 Å². The predicted molar refractivity (Wildman–Crippen MR) is 36.8 cm³/mol. The lowest BCUT2D eigenvalue weighted by Gasteiger charge is -2.12. The average molecular weight is 166 g/mol. The number of aliphatic hydroxyl groups excluding tert-OH is 4. The SMILES string of the molecule is OCCC(O)OCC(O)CO. The lowest BCUT2D eigenvalue weighted by Crippen LogP contribution is -2.24. The summed E-state index contributed by atoms with van der Waals surface area (Å²) in [7, 11) is 0. The van der Waals surface area contributed by atoms with Gasteiger partial charge in [-0.1, -0.05) is 0 Å². The van der Waals surface area contributed by atoms with Crippen molar-refractivity contribution in [1.82, 2.24) is 0 Å². The highest BCUT2D eigenvalue weighted by Gasteiger charge is 2.06. The molecule has 5 nitrogen and oxygen atoms in total. The second-order valence-corrected chi connectivity index (χ2v) is 2.14. The first-order valence-electron chi connectivity index (χ1n) is 3.40. The van der Waals surface area contributed by atoms with Gasteiger partial charge in [0.2, 0.25) is 0 Å². The Labute approximate surface area is 64.9 Å². The van der Waals surface area contributed by atoms with Gasteiger partial charge in [-0.25, -0.2) is 0 Å². The minimum atomic E-state index is -1.07. The van der Waals surface area contributed by atoms with Gasteiger partial charge in [0.25, 0.3) is 0 Å². The van der Waals surface area contributed by atoms with Crippen molar-refractivity contribution < 1.29 is 25.2 Å². The Balaban J connectivity index is 3.22. The van der Waals surface area contributed by atoms with E-state index in [2.05, 4.69) is 4.74 Å². The zero-order valence-electron chi connectivity index (χ0n) is 6.18. The minimum Gasteiger partial charge on any atom is -0.396 e. The summed E-state index contributed by atoms with van der Waals surface area (Å²) < 4.78 is 4.62. The minimum absolute atomic E-state index is 0.109. The van der Waals surface area contributed by atoms with Gasteiger partial charge in [-0.05, 0) is 0 Å². The highest BCUT2D eigenvalue weighted by Crippen LogP contribution is 1.94. The lowest BCUT2D eigenvalue weighted by atomic mass is 10.4. The Morgan fingerprint density at radius 1 is 1.18 bits per heavy atom. The number of rotatable bonds is 6. The van der Waals surface area contributed by atoms with E-state index in [4.69, 9.17) is 20.4 Å². The van der Waals surface area contributed by atoms with Gasteiger partial charge in [-0.2, -0.15) is 0 Å². The van der Waals surface area contributed by atoms with Crippen LogP contribution in [0.3, 0.4) is 0 Å². The van der Waals surface area contributed by atoms with Crippen molar-refractivity contribution in [2.24, 2.45) is 0 Å². The summed E-state index contributed by atoms with van der Waals surface area (Å²) in [4.78, 5) is 0. The third-order valence-electron chi connectivity index (χ3n) is 1.07. The van der Waals surface area contributed by atoms with Crippen LogP contribution in [0.15, 0.2) is 0 Å². The van der Waals surface area contributed by atoms with Gasteiger partial charge in [0, 0.05) is 13.0 Å². The molecule has 0 heterocycles. The van der Waals surface area contributed by atoms with Gasteiger partial charge < -0.3 is 25.2 Å². The molecule has 0 spiro atoms. The van der Waals surface area contributed by atoms with Crippen LogP contribution in [0.5, 0.6) is 0 Å². The molecule has 0 aliphatic heterocycles. The summed E-state index contributed by atoms with van der Waals surface area (Å²) >= 11 is 0. The standard InChI is InChI=1S/C6H14O5/c7-2-1-6(10)11-4-5(9)3-8/h5-10H,1-4H2. The first kappa shape index (κ1) is 10.8. The predicted octanol–water partition coefficient (Wildman–Crippen LogP) is -1.94. The molecule has 11 heavy (non-hydrogen) atoms. The van der Waals surface area contributed by atoms with E-state index in [9.17, 15) is 0 Å². The van der Waals surface area contributed by atoms with Crippen molar-refractivity contribution >= 4 is 0 Å². The summed E-state index contributed by atoms with van der Waals surface area (Å²) in [6.07, 6.45) is -1.93. The second-order valence-electron chi connectivity index (χ2n) is 2.14. The normalized spacial score (nSPS) is 16.4. The first-order chi connectivity index (χ1) is 5.20. The van der Waals surface area contributed by atoms with Gasteiger partial charge >= 0.3 is 0 Å². The number of hydrogen-bond donors (Lipinski definition) is 4. The molecule has 0 aliphatic carbocycles. The molecule has 0 saturated carbocycles. The Hall–Kier alpha value is -0.200. The van der Waals surface area contributed by atoms with E-state index in [0.717, 1.165) is 0 Å². The van der Waals surface area contributed by atoms with Crippen molar-refractivity contribution in [3.63, 3.8) is 0 Å². The Bertz CT molecular complexity index is 87.0. The maximum Gasteiger partial charge on any atom is 0.156 e. The van der Waals surface area contributed by atoms with Crippen molar-refractivity contribution in [2.75, 3.05) is 19.8 Å². The summed E-state index contributed by atoms with van der Waals surface area (Å²) in [6, 6.07) is 0. The zero-order valence-corrected chi connectivity index (χ0v) is 6.18. The third kappa shape index (κ3) is 6.21. The van der Waals surface area contributed by atoms with E-state index in [1.54, 1.807) is 0 Å². The third-order valence-corrected chi connectivity index (χ3v) is 1.07. The summed E-state index contributed by atoms with van der Waals surface area (Å²) in [5.41, 5.74) is 0. The molecule has 0 aromatic heterocycles. The van der Waals surface area contributed by atoms with Crippen LogP contribution in [0, 0.1) is 0 Å².